The fourth-order valence-electron chi connectivity index (χ4n) is 5.28. The highest BCUT2D eigenvalue weighted by molar-refractivity contribution is 6.30. The van der Waals surface area contributed by atoms with E-state index in [2.05, 4.69) is 11.4 Å². The third kappa shape index (κ3) is 3.72. The van der Waals surface area contributed by atoms with Crippen LogP contribution in [0.25, 0.3) is 0 Å². The molecule has 2 fully saturated rings. The Bertz CT molecular complexity index is 1220. The summed E-state index contributed by atoms with van der Waals surface area (Å²) < 4.78 is 5.12. The Kier molecular flexibility index (Phi) is 5.29. The molecule has 1 heterocycles. The highest BCUT2D eigenvalue weighted by Gasteiger charge is 2.60. The number of imide groups is 1. The molecule has 1 N–H and O–H groups in total. The van der Waals surface area contributed by atoms with Gasteiger partial charge in [-0.25, -0.2) is 9.69 Å². The van der Waals surface area contributed by atoms with Gasteiger partial charge in [-0.2, -0.15) is 0 Å². The lowest BCUT2D eigenvalue weighted by molar-refractivity contribution is -0.123. The Morgan fingerprint density at radius 3 is 2.64 bits per heavy atom. The number of anilines is 2. The topological polar surface area (TPSA) is 92.8 Å². The summed E-state index contributed by atoms with van der Waals surface area (Å²) in [5.74, 6) is -2.09. The van der Waals surface area contributed by atoms with Crippen LogP contribution < -0.4 is 10.2 Å². The van der Waals surface area contributed by atoms with Gasteiger partial charge >= 0.3 is 5.97 Å². The Morgan fingerprint density at radius 1 is 1.09 bits per heavy atom. The second-order valence-corrected chi connectivity index (χ2v) is 9.10. The van der Waals surface area contributed by atoms with Crippen molar-refractivity contribution >= 4 is 46.7 Å². The number of nitrogens with zero attached hydrogens (tertiary/aromatic N) is 1. The first kappa shape index (κ1) is 21.4. The molecule has 0 aromatic heterocycles. The van der Waals surface area contributed by atoms with Crippen molar-refractivity contribution in [2.45, 2.75) is 13.3 Å². The molecule has 2 aliphatic carbocycles. The van der Waals surface area contributed by atoms with Crippen LogP contribution in [0.15, 0.2) is 60.2 Å². The average molecular weight is 465 g/mol. The molecule has 0 spiro atoms. The van der Waals surface area contributed by atoms with Crippen molar-refractivity contribution in [1.29, 1.82) is 0 Å². The molecule has 0 radical (unpaired) electrons. The maximum Gasteiger partial charge on any atom is 0.338 e. The number of ether oxygens (including phenoxy) is 1. The van der Waals surface area contributed by atoms with Crippen LogP contribution in [0.5, 0.6) is 0 Å². The van der Waals surface area contributed by atoms with Crippen LogP contribution in [0.3, 0.4) is 0 Å². The van der Waals surface area contributed by atoms with Crippen molar-refractivity contribution in [2.75, 3.05) is 16.8 Å². The van der Waals surface area contributed by atoms with Crippen molar-refractivity contribution in [2.24, 2.45) is 23.7 Å². The molecule has 2 bridgehead atoms. The SMILES string of the molecule is CC1=C[C@H]2C[C@H]1[C@H]1C(=O)N(c3cccc(C(=O)OCC(=O)Nc4cccc(Cl)c4)c3)C(=O)[C@@H]12. The average Bonchev–Trinajstić information content (AvgIpc) is 3.42. The van der Waals surface area contributed by atoms with Gasteiger partial charge in [0.1, 0.15) is 0 Å². The predicted octanol–water partition coefficient (Wildman–Crippen LogP) is 3.84. The number of amides is 3. The number of carbonyl (C=O) groups is 4. The fourth-order valence-corrected chi connectivity index (χ4v) is 5.47. The second-order valence-electron chi connectivity index (χ2n) is 8.67. The number of rotatable bonds is 5. The smallest absolute Gasteiger partial charge is 0.338 e. The second kappa shape index (κ2) is 8.15. The van der Waals surface area contributed by atoms with Crippen molar-refractivity contribution < 1.29 is 23.9 Å². The summed E-state index contributed by atoms with van der Waals surface area (Å²) in [5.41, 5.74) is 2.16. The first-order chi connectivity index (χ1) is 15.8. The van der Waals surface area contributed by atoms with Crippen LogP contribution in [0.1, 0.15) is 23.7 Å². The summed E-state index contributed by atoms with van der Waals surface area (Å²) in [6, 6.07) is 12.8. The molecule has 7 nitrogen and oxygen atoms in total. The predicted molar refractivity (Wildman–Crippen MR) is 122 cm³/mol. The Morgan fingerprint density at radius 2 is 1.85 bits per heavy atom. The number of nitrogens with one attached hydrogen (secondary N) is 1. The molecule has 168 valence electrons. The minimum atomic E-state index is -0.727. The number of hydrogen-bond donors (Lipinski definition) is 1. The molecule has 1 saturated heterocycles. The van der Waals surface area contributed by atoms with Gasteiger partial charge in [-0.05, 0) is 61.6 Å². The quantitative estimate of drug-likeness (QED) is 0.412. The van der Waals surface area contributed by atoms with Gasteiger partial charge in [-0.3, -0.25) is 14.4 Å². The van der Waals surface area contributed by atoms with Gasteiger partial charge in [0.2, 0.25) is 11.8 Å². The van der Waals surface area contributed by atoms with Crippen LogP contribution >= 0.6 is 11.6 Å². The largest absolute Gasteiger partial charge is 0.452 e. The molecule has 33 heavy (non-hydrogen) atoms. The van der Waals surface area contributed by atoms with Gasteiger partial charge in [0, 0.05) is 10.7 Å². The van der Waals surface area contributed by atoms with E-state index < -0.39 is 18.5 Å². The number of esters is 1. The molecule has 3 aliphatic rings. The molecule has 1 aliphatic heterocycles. The first-order valence-corrected chi connectivity index (χ1v) is 11.1. The van der Waals surface area contributed by atoms with E-state index in [1.54, 1.807) is 36.4 Å². The lowest BCUT2D eigenvalue weighted by Gasteiger charge is -2.19. The summed E-state index contributed by atoms with van der Waals surface area (Å²) in [6.07, 6.45) is 2.97. The van der Waals surface area contributed by atoms with Crippen LogP contribution in [0.4, 0.5) is 11.4 Å². The number of carbonyl (C=O) groups excluding carboxylic acids is 4. The van der Waals surface area contributed by atoms with Crippen molar-refractivity contribution in [3.8, 4) is 0 Å². The maximum absolute atomic E-state index is 13.1. The monoisotopic (exact) mass is 464 g/mol. The summed E-state index contributed by atoms with van der Waals surface area (Å²) in [4.78, 5) is 52.0. The van der Waals surface area contributed by atoms with E-state index in [9.17, 15) is 19.2 Å². The zero-order valence-electron chi connectivity index (χ0n) is 17.8. The Balaban J connectivity index is 1.26. The van der Waals surface area contributed by atoms with E-state index in [-0.39, 0.29) is 41.0 Å². The number of hydrogen-bond acceptors (Lipinski definition) is 5. The molecular weight excluding hydrogens is 444 g/mol. The molecule has 1 saturated carbocycles. The minimum Gasteiger partial charge on any atom is -0.452 e. The van der Waals surface area contributed by atoms with Crippen molar-refractivity contribution in [3.05, 3.63) is 70.8 Å². The standard InChI is InChI=1S/C25H21ClN2O5/c1-13-8-15-10-19(13)22-21(15)23(30)28(24(22)31)18-7-2-4-14(9-18)25(32)33-12-20(29)27-17-6-3-5-16(26)11-17/h2-9,11,15,19,21-22H,10,12H2,1H3,(H,27,29)/t15-,19+,21+,22+/m0/s1. The normalized spacial score (nSPS) is 25.2. The summed E-state index contributed by atoms with van der Waals surface area (Å²) in [5, 5.41) is 3.06. The lowest BCUT2D eigenvalue weighted by atomic mass is 9.82. The van der Waals surface area contributed by atoms with Crippen LogP contribution in [-0.4, -0.2) is 30.3 Å². The number of halogens is 1. The van der Waals surface area contributed by atoms with Crippen LogP contribution in [-0.2, 0) is 19.1 Å². The molecule has 2 aromatic carbocycles. The van der Waals surface area contributed by atoms with E-state index in [0.29, 0.717) is 16.4 Å². The molecular formula is C25H21ClN2O5. The molecule has 8 heteroatoms. The highest BCUT2D eigenvalue weighted by Crippen LogP contribution is 2.55. The third-order valence-electron chi connectivity index (χ3n) is 6.66. The van der Waals surface area contributed by atoms with Gasteiger partial charge in [-0.1, -0.05) is 35.4 Å². The highest BCUT2D eigenvalue weighted by atomic mass is 35.5. The summed E-state index contributed by atoms with van der Waals surface area (Å²) in [6.45, 7) is 1.52. The summed E-state index contributed by atoms with van der Waals surface area (Å²) in [7, 11) is 0. The van der Waals surface area contributed by atoms with Crippen molar-refractivity contribution in [1.82, 2.24) is 0 Å². The molecule has 2 aromatic rings. The summed E-state index contributed by atoms with van der Waals surface area (Å²) >= 11 is 5.89. The number of fused-ring (bicyclic) bond motifs is 5. The van der Waals surface area contributed by atoms with E-state index in [0.717, 1.165) is 6.42 Å². The van der Waals surface area contributed by atoms with Crippen LogP contribution in [0, 0.1) is 23.7 Å². The first-order valence-electron chi connectivity index (χ1n) is 10.7. The van der Waals surface area contributed by atoms with Gasteiger partial charge in [-0.15, -0.1) is 0 Å². The van der Waals surface area contributed by atoms with Crippen molar-refractivity contribution in [3.63, 3.8) is 0 Å². The zero-order chi connectivity index (χ0) is 23.3. The van der Waals surface area contributed by atoms with Gasteiger partial charge in [0.25, 0.3) is 5.91 Å². The fraction of sp³-hybridized carbons (Fsp3) is 0.280. The van der Waals surface area contributed by atoms with Gasteiger partial charge in [0.05, 0.1) is 23.1 Å². The Hall–Kier alpha value is -3.45. The number of benzene rings is 2. The molecule has 5 rings (SSSR count). The molecule has 3 amide bonds. The van der Waals surface area contributed by atoms with E-state index in [4.69, 9.17) is 16.3 Å². The van der Waals surface area contributed by atoms with Crippen LogP contribution in [0.2, 0.25) is 5.02 Å². The molecule has 4 atom stereocenters. The zero-order valence-corrected chi connectivity index (χ0v) is 18.5. The Labute approximate surface area is 195 Å². The van der Waals surface area contributed by atoms with Gasteiger partial charge in [0.15, 0.2) is 6.61 Å². The number of allylic oxidation sites excluding steroid dienone is 2. The van der Waals surface area contributed by atoms with E-state index >= 15 is 0 Å². The van der Waals surface area contributed by atoms with Gasteiger partial charge < -0.3 is 10.1 Å². The maximum atomic E-state index is 13.1. The minimum absolute atomic E-state index is 0.104. The third-order valence-corrected chi connectivity index (χ3v) is 6.90. The van der Waals surface area contributed by atoms with E-state index in [1.165, 1.54) is 22.6 Å². The molecule has 0 unspecified atom stereocenters. The van der Waals surface area contributed by atoms with E-state index in [1.807, 2.05) is 6.92 Å². The lowest BCUT2D eigenvalue weighted by Crippen LogP contribution is -2.33.